The molecule has 0 radical (unpaired) electrons. The number of esters is 1. The third-order valence-electron chi connectivity index (χ3n) is 6.52. The fraction of sp³-hybridized carbons (Fsp3) is 0.233. The molecule has 0 N–H and O–H groups in total. The van der Waals surface area contributed by atoms with Crippen molar-refractivity contribution in [2.75, 3.05) is 26.3 Å². The van der Waals surface area contributed by atoms with E-state index in [1.165, 1.54) is 17.8 Å². The van der Waals surface area contributed by atoms with Gasteiger partial charge in [0.25, 0.3) is 5.69 Å². The number of carbonyl (C=O) groups is 1. The Kier molecular flexibility index (Phi) is 8.21. The maximum absolute atomic E-state index is 13.3. The van der Waals surface area contributed by atoms with Gasteiger partial charge in [-0.25, -0.2) is 4.79 Å². The molecular formula is C30H28N2O5S. The third-order valence-corrected chi connectivity index (χ3v) is 7.73. The fourth-order valence-corrected chi connectivity index (χ4v) is 6.00. The van der Waals surface area contributed by atoms with Crippen LogP contribution in [0, 0.1) is 10.1 Å². The Labute approximate surface area is 225 Å². The summed E-state index contributed by atoms with van der Waals surface area (Å²) < 4.78 is 11.8. The molecule has 5 rings (SSSR count). The standard InChI is InChI=1S/C30H28N2O5S/c33-30(23-12-5-2-6-13-23)37-29(22-10-3-1-4-11-22)24-14-9-17-27(28(24)31-18-20-36-21-19-31)38-26-16-8-7-15-25(26)32(34)35/h1-8,10-13,15-16H,9,14,17-21H2. The Hall–Kier alpha value is -3.88. The van der Waals surface area contributed by atoms with E-state index in [0.29, 0.717) is 42.5 Å². The Balaban J connectivity index is 1.66. The first-order valence-corrected chi connectivity index (χ1v) is 13.5. The van der Waals surface area contributed by atoms with Gasteiger partial charge in [0.2, 0.25) is 0 Å². The van der Waals surface area contributed by atoms with Crippen LogP contribution < -0.4 is 0 Å². The molecule has 0 unspecified atom stereocenters. The molecule has 1 aliphatic heterocycles. The molecule has 194 valence electrons. The number of carbonyl (C=O) groups excluding carboxylic acids is 1. The molecule has 0 aromatic heterocycles. The maximum atomic E-state index is 13.3. The number of nitrogens with zero attached hydrogens (tertiary/aromatic N) is 2. The summed E-state index contributed by atoms with van der Waals surface area (Å²) in [6.07, 6.45) is 2.34. The highest BCUT2D eigenvalue weighted by molar-refractivity contribution is 8.03. The van der Waals surface area contributed by atoms with Gasteiger partial charge in [-0.3, -0.25) is 10.1 Å². The monoisotopic (exact) mass is 528 g/mol. The van der Waals surface area contributed by atoms with E-state index >= 15 is 0 Å². The molecule has 1 heterocycles. The number of nitro groups is 1. The summed E-state index contributed by atoms with van der Waals surface area (Å²) in [6.45, 7) is 2.55. The molecule has 3 aromatic carbocycles. The Morgan fingerprint density at radius 2 is 1.50 bits per heavy atom. The van der Waals surface area contributed by atoms with E-state index in [0.717, 1.165) is 41.0 Å². The first-order valence-electron chi connectivity index (χ1n) is 12.6. The van der Waals surface area contributed by atoms with Crippen LogP contribution in [0.3, 0.4) is 0 Å². The number of nitro benzene ring substituents is 1. The Morgan fingerprint density at radius 3 is 2.18 bits per heavy atom. The van der Waals surface area contributed by atoms with Gasteiger partial charge in [-0.2, -0.15) is 0 Å². The van der Waals surface area contributed by atoms with Gasteiger partial charge in [-0.15, -0.1) is 0 Å². The van der Waals surface area contributed by atoms with Crippen molar-refractivity contribution in [3.05, 3.63) is 122 Å². The largest absolute Gasteiger partial charge is 0.422 e. The zero-order valence-corrected chi connectivity index (χ0v) is 21.7. The molecule has 1 aliphatic carbocycles. The lowest BCUT2D eigenvalue weighted by Gasteiger charge is -2.37. The zero-order chi connectivity index (χ0) is 26.3. The van der Waals surface area contributed by atoms with Gasteiger partial charge in [0.05, 0.1) is 34.3 Å². The minimum absolute atomic E-state index is 0.0845. The number of thioether (sulfide) groups is 1. The minimum atomic E-state index is -0.420. The van der Waals surface area contributed by atoms with Crippen molar-refractivity contribution in [1.82, 2.24) is 4.90 Å². The van der Waals surface area contributed by atoms with Crippen molar-refractivity contribution < 1.29 is 19.2 Å². The van der Waals surface area contributed by atoms with Crippen molar-refractivity contribution in [3.63, 3.8) is 0 Å². The number of para-hydroxylation sites is 1. The predicted octanol–water partition coefficient (Wildman–Crippen LogP) is 6.68. The van der Waals surface area contributed by atoms with E-state index < -0.39 is 5.97 Å². The van der Waals surface area contributed by atoms with Crippen LogP contribution in [0.5, 0.6) is 0 Å². The first kappa shape index (κ1) is 25.8. The summed E-state index contributed by atoms with van der Waals surface area (Å²) in [5.41, 5.74) is 3.30. The normalized spacial score (nSPS) is 17.2. The number of hydrogen-bond donors (Lipinski definition) is 0. The van der Waals surface area contributed by atoms with Gasteiger partial charge in [0.15, 0.2) is 0 Å². The van der Waals surface area contributed by atoms with Gasteiger partial charge in [-0.05, 0) is 37.5 Å². The van der Waals surface area contributed by atoms with Gasteiger partial charge in [0, 0.05) is 35.2 Å². The zero-order valence-electron chi connectivity index (χ0n) is 20.9. The summed E-state index contributed by atoms with van der Waals surface area (Å²) in [4.78, 5) is 28.6. The lowest BCUT2D eigenvalue weighted by molar-refractivity contribution is -0.387. The molecule has 38 heavy (non-hydrogen) atoms. The summed E-state index contributed by atoms with van der Waals surface area (Å²) in [6, 6.07) is 25.5. The fourth-order valence-electron chi connectivity index (χ4n) is 4.74. The van der Waals surface area contributed by atoms with Gasteiger partial charge in [-0.1, -0.05) is 72.4 Å². The van der Waals surface area contributed by atoms with E-state index in [4.69, 9.17) is 9.47 Å². The molecule has 1 fully saturated rings. The molecule has 0 amide bonds. The SMILES string of the molecule is O=C(OC(=C1CCCC(Sc2ccccc2[N+](=O)[O-])=C1N1CCOCC1)c1ccccc1)c1ccccc1. The predicted molar refractivity (Wildman–Crippen MR) is 147 cm³/mol. The van der Waals surface area contributed by atoms with Crippen molar-refractivity contribution >= 4 is 29.2 Å². The smallest absolute Gasteiger partial charge is 0.343 e. The van der Waals surface area contributed by atoms with Crippen LogP contribution in [-0.2, 0) is 9.47 Å². The highest BCUT2D eigenvalue weighted by Crippen LogP contribution is 2.46. The van der Waals surface area contributed by atoms with E-state index in [-0.39, 0.29) is 10.6 Å². The highest BCUT2D eigenvalue weighted by Gasteiger charge is 2.30. The molecule has 8 heteroatoms. The molecule has 1 saturated heterocycles. The molecule has 2 aliphatic rings. The molecule has 0 bridgehead atoms. The second kappa shape index (κ2) is 12.1. The number of allylic oxidation sites excluding steroid dienone is 2. The van der Waals surface area contributed by atoms with Crippen molar-refractivity contribution in [2.24, 2.45) is 0 Å². The first-order chi connectivity index (χ1) is 18.6. The van der Waals surface area contributed by atoms with Crippen molar-refractivity contribution in [3.8, 4) is 0 Å². The molecular weight excluding hydrogens is 500 g/mol. The number of hydrogen-bond acceptors (Lipinski definition) is 7. The van der Waals surface area contributed by atoms with Crippen molar-refractivity contribution in [1.29, 1.82) is 0 Å². The van der Waals surface area contributed by atoms with Crippen molar-refractivity contribution in [2.45, 2.75) is 24.2 Å². The van der Waals surface area contributed by atoms with Crippen LogP contribution in [0.2, 0.25) is 0 Å². The van der Waals surface area contributed by atoms with E-state index in [2.05, 4.69) is 4.90 Å². The molecule has 0 saturated carbocycles. The quantitative estimate of drug-likeness (QED) is 0.146. The minimum Gasteiger partial charge on any atom is -0.422 e. The highest BCUT2D eigenvalue weighted by atomic mass is 32.2. The van der Waals surface area contributed by atoms with Crippen LogP contribution in [0.25, 0.3) is 5.76 Å². The summed E-state index contributed by atoms with van der Waals surface area (Å²) in [5, 5.41) is 11.7. The van der Waals surface area contributed by atoms with Crippen LogP contribution >= 0.6 is 11.8 Å². The van der Waals surface area contributed by atoms with Crippen LogP contribution in [0.15, 0.2) is 106 Å². The lowest BCUT2D eigenvalue weighted by atomic mass is 9.93. The number of benzene rings is 3. The van der Waals surface area contributed by atoms with E-state index in [1.54, 1.807) is 24.3 Å². The Bertz CT molecular complexity index is 1370. The number of ether oxygens (including phenoxy) is 2. The van der Waals surface area contributed by atoms with Crippen LogP contribution in [0.1, 0.15) is 35.2 Å². The van der Waals surface area contributed by atoms with Gasteiger partial charge in [0.1, 0.15) is 5.76 Å². The lowest BCUT2D eigenvalue weighted by Crippen LogP contribution is -2.37. The van der Waals surface area contributed by atoms with E-state index in [1.807, 2.05) is 54.6 Å². The molecule has 0 atom stereocenters. The second-order valence-corrected chi connectivity index (χ2v) is 10.1. The van der Waals surface area contributed by atoms with Gasteiger partial charge >= 0.3 is 5.97 Å². The molecule has 0 spiro atoms. The van der Waals surface area contributed by atoms with Crippen LogP contribution in [-0.4, -0.2) is 42.1 Å². The average Bonchev–Trinajstić information content (AvgIpc) is 2.97. The van der Waals surface area contributed by atoms with Crippen LogP contribution in [0.4, 0.5) is 5.69 Å². The molecule has 3 aromatic rings. The third kappa shape index (κ3) is 5.82. The number of rotatable bonds is 7. The van der Waals surface area contributed by atoms with E-state index in [9.17, 15) is 14.9 Å². The number of morpholine rings is 1. The average molecular weight is 529 g/mol. The summed E-state index contributed by atoms with van der Waals surface area (Å²) in [5.74, 6) is 0.109. The maximum Gasteiger partial charge on any atom is 0.343 e. The molecule has 7 nitrogen and oxygen atoms in total. The second-order valence-electron chi connectivity index (χ2n) is 8.98. The topological polar surface area (TPSA) is 81.9 Å². The summed E-state index contributed by atoms with van der Waals surface area (Å²) >= 11 is 1.43. The van der Waals surface area contributed by atoms with Gasteiger partial charge < -0.3 is 14.4 Å². The summed E-state index contributed by atoms with van der Waals surface area (Å²) in [7, 11) is 0. The Morgan fingerprint density at radius 1 is 0.868 bits per heavy atom.